The second-order valence-corrected chi connectivity index (χ2v) is 7.89. The molecular weight excluding hydrogens is 326 g/mol. The van der Waals surface area contributed by atoms with Crippen LogP contribution in [0.25, 0.3) is 11.3 Å². The number of nitrogens with one attached hydrogen (secondary N) is 1. The van der Waals surface area contributed by atoms with Crippen LogP contribution in [0.4, 0.5) is 0 Å². The van der Waals surface area contributed by atoms with E-state index in [4.69, 9.17) is 0 Å². The summed E-state index contributed by atoms with van der Waals surface area (Å²) in [5.74, 6) is 0.846. The molecule has 1 amide bonds. The van der Waals surface area contributed by atoms with Gasteiger partial charge in [-0.25, -0.2) is 0 Å². The largest absolute Gasteiger partial charge is 0.354 e. The van der Waals surface area contributed by atoms with Crippen molar-refractivity contribution in [1.29, 1.82) is 0 Å². The Morgan fingerprint density at radius 1 is 1.31 bits per heavy atom. The van der Waals surface area contributed by atoms with Gasteiger partial charge in [0.05, 0.1) is 18.7 Å². The van der Waals surface area contributed by atoms with Crippen LogP contribution in [0, 0.1) is 11.8 Å². The number of rotatable bonds is 5. The van der Waals surface area contributed by atoms with Crippen LogP contribution in [0.1, 0.15) is 26.7 Å². The van der Waals surface area contributed by atoms with Gasteiger partial charge in [-0.3, -0.25) is 14.4 Å². The first-order valence-corrected chi connectivity index (χ1v) is 9.60. The summed E-state index contributed by atoms with van der Waals surface area (Å²) in [5.41, 5.74) is 2.00. The highest BCUT2D eigenvalue weighted by Crippen LogP contribution is 2.37. The van der Waals surface area contributed by atoms with E-state index in [2.05, 4.69) is 32.7 Å². The number of carbonyl (C=O) groups excluding carboxylic acids is 1. The maximum absolute atomic E-state index is 12.5. The van der Waals surface area contributed by atoms with Gasteiger partial charge >= 0.3 is 0 Å². The minimum absolute atomic E-state index is 0.137. The first-order valence-electron chi connectivity index (χ1n) is 9.60. The average molecular weight is 353 g/mol. The van der Waals surface area contributed by atoms with Crippen LogP contribution in [0.3, 0.4) is 0 Å². The molecule has 3 aliphatic rings. The standard InChI is InChI=1S/C20H27N5O/c1-14(2)21-20(26)18-12-24-9-8-16(18)10-17(24)11-25-13-19(22-23-25)15-6-4-3-5-7-15/h3-7,13-14,16-18H,8-12H2,1-2H3,(H,21,26). The van der Waals surface area contributed by atoms with Gasteiger partial charge < -0.3 is 5.32 Å². The van der Waals surface area contributed by atoms with Crippen LogP contribution in [0.5, 0.6) is 0 Å². The molecule has 6 heteroatoms. The van der Waals surface area contributed by atoms with Crippen LogP contribution >= 0.6 is 0 Å². The first-order chi connectivity index (χ1) is 12.6. The Hall–Kier alpha value is -2.21. The van der Waals surface area contributed by atoms with Crippen molar-refractivity contribution in [3.63, 3.8) is 0 Å². The van der Waals surface area contributed by atoms with Crippen molar-refractivity contribution in [2.45, 2.75) is 45.3 Å². The topological polar surface area (TPSA) is 63.1 Å². The van der Waals surface area contributed by atoms with Gasteiger partial charge in [0, 0.05) is 24.2 Å². The molecule has 4 heterocycles. The highest BCUT2D eigenvalue weighted by molar-refractivity contribution is 5.79. The molecule has 4 unspecified atom stereocenters. The zero-order valence-corrected chi connectivity index (χ0v) is 15.5. The summed E-state index contributed by atoms with van der Waals surface area (Å²) in [7, 11) is 0. The van der Waals surface area contributed by atoms with E-state index in [0.29, 0.717) is 12.0 Å². The van der Waals surface area contributed by atoms with Gasteiger partial charge in [0.25, 0.3) is 0 Å². The van der Waals surface area contributed by atoms with Crippen LogP contribution < -0.4 is 5.32 Å². The minimum atomic E-state index is 0.137. The van der Waals surface area contributed by atoms with E-state index in [9.17, 15) is 4.79 Å². The molecule has 3 aliphatic heterocycles. The second-order valence-electron chi connectivity index (χ2n) is 7.89. The number of nitrogens with zero attached hydrogens (tertiary/aromatic N) is 4. The van der Waals surface area contributed by atoms with Crippen molar-refractivity contribution in [2.24, 2.45) is 11.8 Å². The first kappa shape index (κ1) is 17.2. The Morgan fingerprint density at radius 3 is 2.81 bits per heavy atom. The summed E-state index contributed by atoms with van der Waals surface area (Å²) in [6.45, 7) is 6.85. The van der Waals surface area contributed by atoms with Gasteiger partial charge in [0.2, 0.25) is 5.91 Å². The number of carbonyl (C=O) groups is 1. The zero-order chi connectivity index (χ0) is 18.1. The van der Waals surface area contributed by atoms with Gasteiger partial charge in [0.15, 0.2) is 0 Å². The lowest BCUT2D eigenvalue weighted by Gasteiger charge is -2.49. The summed E-state index contributed by atoms with van der Waals surface area (Å²) >= 11 is 0. The maximum Gasteiger partial charge on any atom is 0.224 e. The fourth-order valence-electron chi connectivity index (χ4n) is 4.36. The third-order valence-electron chi connectivity index (χ3n) is 5.65. The van der Waals surface area contributed by atoms with Gasteiger partial charge in [-0.05, 0) is 39.2 Å². The van der Waals surface area contributed by atoms with Gasteiger partial charge in [-0.2, -0.15) is 0 Å². The molecule has 3 fully saturated rings. The monoisotopic (exact) mass is 353 g/mol. The molecule has 5 rings (SSSR count). The molecule has 2 aromatic rings. The van der Waals surface area contributed by atoms with Crippen LogP contribution in [0.2, 0.25) is 0 Å². The Bertz CT molecular complexity index is 757. The Labute approximate surface area is 154 Å². The highest BCUT2D eigenvalue weighted by Gasteiger charge is 2.43. The van der Waals surface area contributed by atoms with E-state index in [-0.39, 0.29) is 17.9 Å². The zero-order valence-electron chi connectivity index (χ0n) is 15.5. The minimum Gasteiger partial charge on any atom is -0.354 e. The number of fused-ring (bicyclic) bond motifs is 3. The Kier molecular flexibility index (Phi) is 4.76. The van der Waals surface area contributed by atoms with Crippen LogP contribution in [-0.4, -0.2) is 51.0 Å². The molecule has 1 N–H and O–H groups in total. The SMILES string of the molecule is CC(C)NC(=O)C1CN2CCC1CC2Cn1cc(-c2ccccc2)nn1. The molecule has 138 valence electrons. The predicted molar refractivity (Wildman–Crippen MR) is 100 cm³/mol. The second kappa shape index (κ2) is 7.19. The molecule has 6 nitrogen and oxygen atoms in total. The molecular formula is C20H27N5O. The van der Waals surface area contributed by atoms with Crippen molar-refractivity contribution in [2.75, 3.05) is 13.1 Å². The number of hydrogen-bond acceptors (Lipinski definition) is 4. The van der Waals surface area contributed by atoms with E-state index in [1.165, 1.54) is 0 Å². The number of hydrogen-bond donors (Lipinski definition) is 1. The molecule has 26 heavy (non-hydrogen) atoms. The molecule has 4 atom stereocenters. The number of piperidine rings is 3. The van der Waals surface area contributed by atoms with Crippen molar-refractivity contribution in [1.82, 2.24) is 25.2 Å². The quantitative estimate of drug-likeness (QED) is 0.895. The Morgan fingerprint density at radius 2 is 2.12 bits per heavy atom. The lowest BCUT2D eigenvalue weighted by molar-refractivity contribution is -0.133. The van der Waals surface area contributed by atoms with Crippen LogP contribution in [-0.2, 0) is 11.3 Å². The summed E-state index contributed by atoms with van der Waals surface area (Å²) in [5, 5.41) is 11.7. The molecule has 1 aromatic carbocycles. The van der Waals surface area contributed by atoms with Crippen LogP contribution in [0.15, 0.2) is 36.5 Å². The lowest BCUT2D eigenvalue weighted by atomic mass is 9.75. The smallest absolute Gasteiger partial charge is 0.224 e. The fourth-order valence-corrected chi connectivity index (χ4v) is 4.36. The lowest BCUT2D eigenvalue weighted by Crippen LogP contribution is -2.58. The molecule has 2 bridgehead atoms. The van der Waals surface area contributed by atoms with E-state index in [1.807, 2.05) is 42.9 Å². The van der Waals surface area contributed by atoms with Crippen molar-refractivity contribution in [3.8, 4) is 11.3 Å². The third-order valence-corrected chi connectivity index (χ3v) is 5.65. The highest BCUT2D eigenvalue weighted by atomic mass is 16.2. The van der Waals surface area contributed by atoms with Gasteiger partial charge in [-0.15, -0.1) is 5.10 Å². The maximum atomic E-state index is 12.5. The number of amides is 1. The number of aromatic nitrogens is 3. The fraction of sp³-hybridized carbons (Fsp3) is 0.550. The van der Waals surface area contributed by atoms with Gasteiger partial charge in [0.1, 0.15) is 5.69 Å². The molecule has 0 radical (unpaired) electrons. The van der Waals surface area contributed by atoms with Crippen molar-refractivity contribution < 1.29 is 4.79 Å². The van der Waals surface area contributed by atoms with E-state index in [1.54, 1.807) is 0 Å². The molecule has 0 spiro atoms. The molecule has 3 saturated heterocycles. The van der Waals surface area contributed by atoms with E-state index in [0.717, 1.165) is 43.7 Å². The Balaban J connectivity index is 1.40. The molecule has 0 saturated carbocycles. The normalized spacial score (nSPS) is 27.7. The van der Waals surface area contributed by atoms with Gasteiger partial charge in [-0.1, -0.05) is 35.5 Å². The average Bonchev–Trinajstić information content (AvgIpc) is 3.11. The molecule has 1 aromatic heterocycles. The van der Waals surface area contributed by atoms with E-state index < -0.39 is 0 Å². The van der Waals surface area contributed by atoms with E-state index >= 15 is 0 Å². The summed E-state index contributed by atoms with van der Waals surface area (Å²) in [6, 6.07) is 10.8. The van der Waals surface area contributed by atoms with Crippen molar-refractivity contribution in [3.05, 3.63) is 36.5 Å². The summed E-state index contributed by atoms with van der Waals surface area (Å²) < 4.78 is 1.96. The summed E-state index contributed by atoms with van der Waals surface area (Å²) in [6.07, 6.45) is 4.22. The molecule has 0 aliphatic carbocycles. The third kappa shape index (κ3) is 3.51. The predicted octanol–water partition coefficient (Wildman–Crippen LogP) is 2.18. The summed E-state index contributed by atoms with van der Waals surface area (Å²) in [4.78, 5) is 14.9. The van der Waals surface area contributed by atoms with Crippen molar-refractivity contribution >= 4 is 5.91 Å². The number of benzene rings is 1.